The normalized spacial score (nSPS) is 19.9. The molecule has 0 aromatic heterocycles. The topological polar surface area (TPSA) is 79.0 Å². The highest BCUT2D eigenvalue weighted by molar-refractivity contribution is 6.42. The highest BCUT2D eigenvalue weighted by Gasteiger charge is 2.54. The van der Waals surface area contributed by atoms with Crippen molar-refractivity contribution in [1.82, 2.24) is 15.1 Å². The van der Waals surface area contributed by atoms with Gasteiger partial charge in [0.15, 0.2) is 0 Å². The summed E-state index contributed by atoms with van der Waals surface area (Å²) in [5, 5.41) is 3.70. The van der Waals surface area contributed by atoms with E-state index in [-0.39, 0.29) is 30.4 Å². The third-order valence-electron chi connectivity index (χ3n) is 7.05. The highest BCUT2D eigenvalue weighted by atomic mass is 35.5. The summed E-state index contributed by atoms with van der Waals surface area (Å²) in [5.41, 5.74) is 0.951. The number of carbonyl (C=O) groups is 3. The van der Waals surface area contributed by atoms with E-state index in [0.29, 0.717) is 47.1 Å². The van der Waals surface area contributed by atoms with Crippen LogP contribution in [-0.2, 0) is 9.53 Å². The molecule has 7 nitrogen and oxygen atoms in total. The fourth-order valence-electron chi connectivity index (χ4n) is 4.80. The number of halogens is 2. The summed E-state index contributed by atoms with van der Waals surface area (Å²) in [4.78, 5) is 43.4. The molecule has 0 bridgehead atoms. The lowest BCUT2D eigenvalue weighted by atomic mass is 9.95. The second kappa shape index (κ2) is 10.8. The minimum atomic E-state index is -0.966. The molecule has 2 atom stereocenters. The standard InChI is InChI=1S/C27H31Cl2N3O4/c1-4-18(3)30-24(33)23-16-36-27(32(23)26(35)19-7-5-6-17(2)14-19)10-12-31(13-11-27)25(34)20-8-9-21(28)22(29)15-20/h5-9,14-15,18,23H,4,10-13,16H2,1-3H3,(H,30,33)/t18-,23+/m1/s1. The Morgan fingerprint density at radius 3 is 2.39 bits per heavy atom. The van der Waals surface area contributed by atoms with E-state index in [1.165, 1.54) is 0 Å². The Labute approximate surface area is 221 Å². The summed E-state index contributed by atoms with van der Waals surface area (Å²) in [7, 11) is 0. The summed E-state index contributed by atoms with van der Waals surface area (Å²) in [5.74, 6) is -0.634. The van der Waals surface area contributed by atoms with Crippen LogP contribution in [0.2, 0.25) is 10.0 Å². The lowest BCUT2D eigenvalue weighted by Crippen LogP contribution is -2.60. The monoisotopic (exact) mass is 531 g/mol. The molecule has 4 rings (SSSR count). The number of ether oxygens (including phenoxy) is 1. The number of carbonyl (C=O) groups excluding carboxylic acids is 3. The first kappa shape index (κ1) is 26.5. The first-order chi connectivity index (χ1) is 17.1. The molecule has 9 heteroatoms. The molecule has 192 valence electrons. The van der Waals surface area contributed by atoms with Crippen LogP contribution in [0, 0.1) is 6.92 Å². The van der Waals surface area contributed by atoms with Crippen LogP contribution >= 0.6 is 23.2 Å². The van der Waals surface area contributed by atoms with Crippen molar-refractivity contribution in [3.05, 3.63) is 69.2 Å². The van der Waals surface area contributed by atoms with Gasteiger partial charge in [-0.3, -0.25) is 19.3 Å². The second-order valence-electron chi connectivity index (χ2n) is 9.56. The maximum absolute atomic E-state index is 13.8. The Balaban J connectivity index is 1.58. The summed E-state index contributed by atoms with van der Waals surface area (Å²) >= 11 is 12.1. The molecule has 1 spiro atoms. The van der Waals surface area contributed by atoms with Crippen LogP contribution in [0.15, 0.2) is 42.5 Å². The number of hydrogen-bond donors (Lipinski definition) is 1. The van der Waals surface area contributed by atoms with Crippen molar-refractivity contribution in [1.29, 1.82) is 0 Å². The molecule has 2 aliphatic rings. The average Bonchev–Trinajstić information content (AvgIpc) is 3.23. The number of amides is 3. The molecule has 2 aromatic carbocycles. The van der Waals surface area contributed by atoms with Crippen LogP contribution in [0.25, 0.3) is 0 Å². The molecule has 2 heterocycles. The number of hydrogen-bond acceptors (Lipinski definition) is 4. The van der Waals surface area contributed by atoms with E-state index >= 15 is 0 Å². The molecule has 0 aliphatic carbocycles. The number of benzene rings is 2. The number of likely N-dealkylation sites (tertiary alicyclic amines) is 1. The molecule has 36 heavy (non-hydrogen) atoms. The molecule has 1 N–H and O–H groups in total. The third-order valence-corrected chi connectivity index (χ3v) is 7.79. The fraction of sp³-hybridized carbons (Fsp3) is 0.444. The van der Waals surface area contributed by atoms with Crippen LogP contribution in [0.3, 0.4) is 0 Å². The summed E-state index contributed by atoms with van der Waals surface area (Å²) < 4.78 is 6.25. The van der Waals surface area contributed by atoms with Crippen molar-refractivity contribution in [2.24, 2.45) is 0 Å². The zero-order chi connectivity index (χ0) is 26.0. The second-order valence-corrected chi connectivity index (χ2v) is 10.4. The molecular formula is C27H31Cl2N3O4. The average molecular weight is 532 g/mol. The molecule has 2 saturated heterocycles. The van der Waals surface area contributed by atoms with Gasteiger partial charge < -0.3 is 15.0 Å². The van der Waals surface area contributed by atoms with Gasteiger partial charge in [0.25, 0.3) is 11.8 Å². The molecule has 3 amide bonds. The first-order valence-electron chi connectivity index (χ1n) is 12.2. The Bertz CT molecular complexity index is 1160. The van der Waals surface area contributed by atoms with Gasteiger partial charge in [-0.25, -0.2) is 0 Å². The van der Waals surface area contributed by atoms with Crippen molar-refractivity contribution in [3.8, 4) is 0 Å². The third kappa shape index (κ3) is 5.24. The summed E-state index contributed by atoms with van der Waals surface area (Å²) in [6, 6.07) is 11.4. The maximum atomic E-state index is 13.8. The molecule has 0 radical (unpaired) electrons. The van der Waals surface area contributed by atoms with Gasteiger partial charge in [-0.2, -0.15) is 0 Å². The van der Waals surface area contributed by atoms with E-state index < -0.39 is 11.8 Å². The van der Waals surface area contributed by atoms with Crippen molar-refractivity contribution in [2.45, 2.75) is 57.8 Å². The Hall–Kier alpha value is -2.61. The first-order valence-corrected chi connectivity index (χ1v) is 13.0. The lowest BCUT2D eigenvalue weighted by Gasteiger charge is -2.44. The number of piperidine rings is 1. The minimum absolute atomic E-state index is 0.0179. The van der Waals surface area contributed by atoms with Crippen LogP contribution in [0.1, 0.15) is 59.4 Å². The van der Waals surface area contributed by atoms with Crippen LogP contribution in [-0.4, -0.2) is 65.0 Å². The Morgan fingerprint density at radius 1 is 1.06 bits per heavy atom. The molecule has 0 saturated carbocycles. The van der Waals surface area contributed by atoms with Gasteiger partial charge in [-0.1, -0.05) is 47.8 Å². The molecular weight excluding hydrogens is 501 g/mol. The number of aryl methyl sites for hydroxylation is 1. The SMILES string of the molecule is CC[C@@H](C)NC(=O)[C@@H]1COC2(CCN(C(=O)c3ccc(Cl)c(Cl)c3)CC2)N1C(=O)c1cccc(C)c1. The smallest absolute Gasteiger partial charge is 0.256 e. The molecule has 2 fully saturated rings. The Kier molecular flexibility index (Phi) is 7.93. The van der Waals surface area contributed by atoms with Gasteiger partial charge in [0.2, 0.25) is 5.91 Å². The zero-order valence-corrected chi connectivity index (χ0v) is 22.2. The van der Waals surface area contributed by atoms with Gasteiger partial charge in [0, 0.05) is 43.1 Å². The van der Waals surface area contributed by atoms with E-state index in [1.807, 2.05) is 39.0 Å². The molecule has 0 unspecified atom stereocenters. The van der Waals surface area contributed by atoms with E-state index in [2.05, 4.69) is 5.32 Å². The van der Waals surface area contributed by atoms with Gasteiger partial charge >= 0.3 is 0 Å². The number of nitrogens with one attached hydrogen (secondary N) is 1. The maximum Gasteiger partial charge on any atom is 0.256 e. The highest BCUT2D eigenvalue weighted by Crippen LogP contribution is 2.39. The van der Waals surface area contributed by atoms with Crippen molar-refractivity contribution in [2.75, 3.05) is 19.7 Å². The van der Waals surface area contributed by atoms with E-state index in [1.54, 1.807) is 34.1 Å². The fourth-order valence-corrected chi connectivity index (χ4v) is 5.09. The van der Waals surface area contributed by atoms with Crippen molar-refractivity contribution < 1.29 is 19.1 Å². The molecule has 2 aliphatic heterocycles. The number of rotatable bonds is 5. The van der Waals surface area contributed by atoms with Gasteiger partial charge in [0.05, 0.1) is 16.7 Å². The summed E-state index contributed by atoms with van der Waals surface area (Å²) in [6.45, 7) is 6.71. The van der Waals surface area contributed by atoms with E-state index in [0.717, 1.165) is 12.0 Å². The minimum Gasteiger partial charge on any atom is -0.353 e. The van der Waals surface area contributed by atoms with Crippen LogP contribution in [0.4, 0.5) is 0 Å². The van der Waals surface area contributed by atoms with Crippen molar-refractivity contribution in [3.63, 3.8) is 0 Å². The van der Waals surface area contributed by atoms with Crippen LogP contribution < -0.4 is 5.32 Å². The number of nitrogens with zero attached hydrogens (tertiary/aromatic N) is 2. The van der Waals surface area contributed by atoms with E-state index in [9.17, 15) is 14.4 Å². The lowest BCUT2D eigenvalue weighted by molar-refractivity contribution is -0.128. The van der Waals surface area contributed by atoms with Gasteiger partial charge in [0.1, 0.15) is 11.8 Å². The quantitative estimate of drug-likeness (QED) is 0.606. The largest absolute Gasteiger partial charge is 0.353 e. The van der Waals surface area contributed by atoms with Gasteiger partial charge in [-0.05, 0) is 50.6 Å². The van der Waals surface area contributed by atoms with Crippen molar-refractivity contribution >= 4 is 40.9 Å². The van der Waals surface area contributed by atoms with Crippen LogP contribution in [0.5, 0.6) is 0 Å². The van der Waals surface area contributed by atoms with E-state index in [4.69, 9.17) is 27.9 Å². The Morgan fingerprint density at radius 2 is 1.75 bits per heavy atom. The summed E-state index contributed by atoms with van der Waals surface area (Å²) in [6.07, 6.45) is 1.57. The zero-order valence-electron chi connectivity index (χ0n) is 20.7. The molecule has 2 aromatic rings. The predicted molar refractivity (Wildman–Crippen MR) is 139 cm³/mol. The van der Waals surface area contributed by atoms with Gasteiger partial charge in [-0.15, -0.1) is 0 Å². The predicted octanol–water partition coefficient (Wildman–Crippen LogP) is 4.69.